The molecular formula is C25H23ClF2N4O2S2. The zero-order valence-corrected chi connectivity index (χ0v) is 21.9. The highest BCUT2D eigenvalue weighted by molar-refractivity contribution is 7.99. The summed E-state index contributed by atoms with van der Waals surface area (Å²) in [4.78, 5) is 34.5. The van der Waals surface area contributed by atoms with Gasteiger partial charge in [-0.2, -0.15) is 16.7 Å². The van der Waals surface area contributed by atoms with Crippen LogP contribution in [0.2, 0.25) is 5.02 Å². The molecule has 2 aromatic carbocycles. The minimum absolute atomic E-state index is 0.0802. The summed E-state index contributed by atoms with van der Waals surface area (Å²) < 4.78 is 30.0. The molecule has 0 bridgehead atoms. The van der Waals surface area contributed by atoms with Gasteiger partial charge in [-0.25, -0.2) is 13.6 Å². The highest BCUT2D eigenvalue weighted by Gasteiger charge is 2.32. The van der Waals surface area contributed by atoms with Crippen molar-refractivity contribution in [2.45, 2.75) is 17.5 Å². The fraction of sp³-hybridized carbons (Fsp3) is 0.320. The summed E-state index contributed by atoms with van der Waals surface area (Å²) in [7, 11) is 0. The van der Waals surface area contributed by atoms with Crippen molar-refractivity contribution in [3.05, 3.63) is 64.1 Å². The van der Waals surface area contributed by atoms with Gasteiger partial charge in [-0.1, -0.05) is 18.2 Å². The zero-order valence-electron chi connectivity index (χ0n) is 19.5. The quantitative estimate of drug-likeness (QED) is 0.432. The van der Waals surface area contributed by atoms with Crippen molar-refractivity contribution in [3.63, 3.8) is 0 Å². The number of piperazine rings is 1. The van der Waals surface area contributed by atoms with Gasteiger partial charge in [0.1, 0.15) is 17.5 Å². The second kappa shape index (κ2) is 10.1. The number of nitrogens with zero attached hydrogens (tertiary/aromatic N) is 4. The lowest BCUT2D eigenvalue weighted by molar-refractivity contribution is -0.128. The lowest BCUT2D eigenvalue weighted by Crippen LogP contribution is -2.56. The standard InChI is InChI=1S/C25H23ClF2N4O2S2/c1-3-20(33)31-7-6-30(12-15(31)13-35-2)24-17-11-18(26)21(16-5-4-14(27)10-19(16)28)23-22(17)32(8-9-36-23)25(34)29-24/h3-5,10-11,15H,1,6-9,12-13H2,2H3/t15-/m0/s1. The first-order valence-electron chi connectivity index (χ1n) is 11.4. The lowest BCUT2D eigenvalue weighted by atomic mass is 10.0. The van der Waals surface area contributed by atoms with Crippen LogP contribution in [-0.4, -0.2) is 63.8 Å². The normalized spacial score (nSPS) is 17.5. The maximum absolute atomic E-state index is 14.8. The largest absolute Gasteiger partial charge is 0.352 e. The second-order valence-electron chi connectivity index (χ2n) is 8.59. The molecule has 2 aliphatic heterocycles. The molecule has 36 heavy (non-hydrogen) atoms. The van der Waals surface area contributed by atoms with E-state index in [0.29, 0.717) is 64.1 Å². The van der Waals surface area contributed by atoms with Crippen molar-refractivity contribution in [1.29, 1.82) is 0 Å². The Hall–Kier alpha value is -2.56. The van der Waals surface area contributed by atoms with Crippen molar-refractivity contribution < 1.29 is 13.6 Å². The first-order chi connectivity index (χ1) is 17.3. The van der Waals surface area contributed by atoms with Gasteiger partial charge in [0.2, 0.25) is 5.91 Å². The molecule has 1 fully saturated rings. The molecule has 0 unspecified atom stereocenters. The molecule has 1 saturated heterocycles. The highest BCUT2D eigenvalue weighted by atomic mass is 35.5. The number of carbonyl (C=O) groups is 1. The number of aromatic nitrogens is 2. The Labute approximate surface area is 220 Å². The molecular weight excluding hydrogens is 526 g/mol. The third kappa shape index (κ3) is 4.29. The fourth-order valence-corrected chi connectivity index (χ4v) is 7.15. The monoisotopic (exact) mass is 548 g/mol. The first-order valence-corrected chi connectivity index (χ1v) is 14.1. The van der Waals surface area contributed by atoms with Gasteiger partial charge in [-0.05, 0) is 30.5 Å². The van der Waals surface area contributed by atoms with Crippen LogP contribution in [0, 0.1) is 11.6 Å². The number of anilines is 1. The molecule has 1 aromatic heterocycles. The number of benzene rings is 2. The van der Waals surface area contributed by atoms with E-state index in [-0.39, 0.29) is 17.5 Å². The molecule has 11 heteroatoms. The van der Waals surface area contributed by atoms with Crippen molar-refractivity contribution in [3.8, 4) is 11.1 Å². The molecule has 0 aliphatic carbocycles. The Morgan fingerprint density at radius 3 is 2.83 bits per heavy atom. The van der Waals surface area contributed by atoms with E-state index in [2.05, 4.69) is 11.6 Å². The van der Waals surface area contributed by atoms with Gasteiger partial charge < -0.3 is 9.80 Å². The van der Waals surface area contributed by atoms with E-state index in [0.717, 1.165) is 11.8 Å². The number of thioether (sulfide) groups is 2. The summed E-state index contributed by atoms with van der Waals surface area (Å²) in [5.41, 5.74) is 0.883. The number of halogens is 3. The number of carbonyl (C=O) groups excluding carboxylic acids is 1. The van der Waals surface area contributed by atoms with Crippen LogP contribution in [0.1, 0.15) is 0 Å². The minimum Gasteiger partial charge on any atom is -0.352 e. The van der Waals surface area contributed by atoms with Gasteiger partial charge >= 0.3 is 5.69 Å². The number of hydrogen-bond acceptors (Lipinski definition) is 6. The van der Waals surface area contributed by atoms with Crippen LogP contribution in [-0.2, 0) is 11.3 Å². The second-order valence-corrected chi connectivity index (χ2v) is 11.0. The number of amides is 1. The highest BCUT2D eigenvalue weighted by Crippen LogP contribution is 2.46. The van der Waals surface area contributed by atoms with Crippen LogP contribution in [0.15, 0.2) is 46.6 Å². The van der Waals surface area contributed by atoms with Crippen LogP contribution in [0.4, 0.5) is 14.6 Å². The van der Waals surface area contributed by atoms with E-state index in [1.165, 1.54) is 30.0 Å². The van der Waals surface area contributed by atoms with E-state index >= 15 is 0 Å². The molecule has 5 rings (SSSR count). The van der Waals surface area contributed by atoms with Gasteiger partial charge in [0, 0.05) is 65.2 Å². The fourth-order valence-electron chi connectivity index (χ4n) is 4.92. The summed E-state index contributed by atoms with van der Waals surface area (Å²) in [6, 6.07) is 5.03. The SMILES string of the molecule is C=CC(=O)N1CCN(c2nc(=O)n3c4c(c(-c5ccc(F)cc5F)c(Cl)cc24)SCC3)C[C@H]1CSC. The van der Waals surface area contributed by atoms with E-state index in [9.17, 15) is 18.4 Å². The average Bonchev–Trinajstić information content (AvgIpc) is 2.86. The Bertz CT molecular complexity index is 1450. The molecule has 3 heterocycles. The van der Waals surface area contributed by atoms with Crippen LogP contribution in [0.25, 0.3) is 22.0 Å². The van der Waals surface area contributed by atoms with Gasteiger partial charge in [-0.3, -0.25) is 9.36 Å². The summed E-state index contributed by atoms with van der Waals surface area (Å²) >= 11 is 9.88. The Morgan fingerprint density at radius 2 is 2.11 bits per heavy atom. The van der Waals surface area contributed by atoms with E-state index in [4.69, 9.17) is 11.6 Å². The smallest absolute Gasteiger partial charge is 0.350 e. The molecule has 6 nitrogen and oxygen atoms in total. The van der Waals surface area contributed by atoms with E-state index < -0.39 is 17.3 Å². The van der Waals surface area contributed by atoms with Crippen LogP contribution >= 0.6 is 35.1 Å². The summed E-state index contributed by atoms with van der Waals surface area (Å²) in [6.45, 7) is 5.54. The minimum atomic E-state index is -0.718. The molecule has 188 valence electrons. The van der Waals surface area contributed by atoms with Crippen LogP contribution < -0.4 is 10.6 Å². The van der Waals surface area contributed by atoms with Gasteiger partial charge in [0.05, 0.1) is 16.6 Å². The molecule has 2 aliphatic rings. The molecule has 3 aromatic rings. The topological polar surface area (TPSA) is 58.4 Å². The Balaban J connectivity index is 1.68. The van der Waals surface area contributed by atoms with Gasteiger partial charge in [0.15, 0.2) is 0 Å². The Kier molecular flexibility index (Phi) is 7.02. The molecule has 1 atom stereocenters. The summed E-state index contributed by atoms with van der Waals surface area (Å²) in [5.74, 6) is 0.304. The van der Waals surface area contributed by atoms with E-state index in [1.54, 1.807) is 27.3 Å². The number of rotatable bonds is 5. The molecule has 0 radical (unpaired) electrons. The van der Waals surface area contributed by atoms with Crippen molar-refractivity contribution >= 4 is 57.8 Å². The maximum atomic E-state index is 14.8. The van der Waals surface area contributed by atoms with Crippen molar-refractivity contribution in [1.82, 2.24) is 14.5 Å². The summed E-state index contributed by atoms with van der Waals surface area (Å²) in [6.07, 6.45) is 3.30. The molecule has 0 saturated carbocycles. The van der Waals surface area contributed by atoms with Gasteiger partial charge in [-0.15, -0.1) is 11.8 Å². The molecule has 0 N–H and O–H groups in total. The summed E-state index contributed by atoms with van der Waals surface area (Å²) in [5, 5.41) is 0.992. The van der Waals surface area contributed by atoms with Crippen molar-refractivity contribution in [2.24, 2.45) is 0 Å². The van der Waals surface area contributed by atoms with Crippen molar-refractivity contribution in [2.75, 3.05) is 42.3 Å². The first kappa shape index (κ1) is 25.1. The van der Waals surface area contributed by atoms with Crippen LogP contribution in [0.5, 0.6) is 0 Å². The third-order valence-corrected chi connectivity index (χ3v) is 8.60. The predicted octanol–water partition coefficient (Wildman–Crippen LogP) is 4.67. The predicted molar refractivity (Wildman–Crippen MR) is 143 cm³/mol. The lowest BCUT2D eigenvalue weighted by Gasteiger charge is -2.41. The maximum Gasteiger partial charge on any atom is 0.350 e. The number of hydrogen-bond donors (Lipinski definition) is 0. The molecule has 0 spiro atoms. The Morgan fingerprint density at radius 1 is 1.31 bits per heavy atom. The van der Waals surface area contributed by atoms with Gasteiger partial charge in [0.25, 0.3) is 0 Å². The third-order valence-electron chi connectivity index (χ3n) is 6.51. The molecule has 1 amide bonds. The van der Waals surface area contributed by atoms with E-state index in [1.807, 2.05) is 11.2 Å². The number of aryl methyl sites for hydroxylation is 1. The van der Waals surface area contributed by atoms with Crippen LogP contribution in [0.3, 0.4) is 0 Å². The zero-order chi connectivity index (χ0) is 25.6. The average molecular weight is 549 g/mol.